The van der Waals surface area contributed by atoms with Gasteiger partial charge in [-0.15, -0.1) is 24.8 Å². The van der Waals surface area contributed by atoms with Gasteiger partial charge in [-0.3, -0.25) is 9.69 Å². The molecule has 5 nitrogen and oxygen atoms in total. The lowest BCUT2D eigenvalue weighted by atomic mass is 10.0. The fraction of sp³-hybridized carbons (Fsp3) is 0.360. The first-order valence-electron chi connectivity index (χ1n) is 10.8. The van der Waals surface area contributed by atoms with Crippen molar-refractivity contribution in [1.29, 1.82) is 0 Å². The molecule has 1 fully saturated rings. The maximum atomic E-state index is 13.1. The molecule has 0 spiro atoms. The lowest BCUT2D eigenvalue weighted by Crippen LogP contribution is -2.44. The molecule has 2 aromatic carbocycles. The van der Waals surface area contributed by atoms with Gasteiger partial charge < -0.3 is 5.32 Å². The van der Waals surface area contributed by atoms with Crippen LogP contribution in [0.3, 0.4) is 0 Å². The van der Waals surface area contributed by atoms with Crippen molar-refractivity contribution in [1.82, 2.24) is 20.0 Å². The number of hydrogen-bond donors (Lipinski definition) is 1. The Morgan fingerprint density at radius 3 is 2.12 bits per heavy atom. The SMILES string of the molecule is CC(C)Cn1nc(-c2ccc(-c3ccccc3)cc2)cc(CN2CCNCC2)c1=O.Cl.Cl. The molecule has 1 aliphatic heterocycles. The lowest BCUT2D eigenvalue weighted by molar-refractivity contribution is 0.231. The number of benzene rings is 2. The van der Waals surface area contributed by atoms with Gasteiger partial charge in [-0.25, -0.2) is 4.68 Å². The van der Waals surface area contributed by atoms with E-state index in [1.54, 1.807) is 4.68 Å². The van der Waals surface area contributed by atoms with Crippen LogP contribution in [0, 0.1) is 5.92 Å². The van der Waals surface area contributed by atoms with Gasteiger partial charge >= 0.3 is 0 Å². The zero-order valence-corrected chi connectivity index (χ0v) is 20.3. The van der Waals surface area contributed by atoms with Crippen LogP contribution in [-0.4, -0.2) is 40.9 Å². The first-order valence-corrected chi connectivity index (χ1v) is 10.8. The van der Waals surface area contributed by atoms with Crippen LogP contribution >= 0.6 is 24.8 Å². The zero-order valence-electron chi connectivity index (χ0n) is 18.7. The molecule has 0 radical (unpaired) electrons. The second-order valence-corrected chi connectivity index (χ2v) is 8.41. The molecular weight excluding hydrogens is 443 g/mol. The number of nitrogens with one attached hydrogen (secondary N) is 1. The van der Waals surface area contributed by atoms with Crippen molar-refractivity contribution in [3.8, 4) is 22.4 Å². The topological polar surface area (TPSA) is 50.2 Å². The molecule has 3 aromatic rings. The van der Waals surface area contributed by atoms with E-state index >= 15 is 0 Å². The van der Waals surface area contributed by atoms with E-state index in [4.69, 9.17) is 5.10 Å². The van der Waals surface area contributed by atoms with E-state index in [2.05, 4.69) is 72.6 Å². The molecule has 32 heavy (non-hydrogen) atoms. The van der Waals surface area contributed by atoms with Crippen molar-refractivity contribution in [2.24, 2.45) is 5.92 Å². The van der Waals surface area contributed by atoms with Crippen LogP contribution in [0.1, 0.15) is 19.4 Å². The number of rotatable bonds is 6. The van der Waals surface area contributed by atoms with E-state index < -0.39 is 0 Å². The van der Waals surface area contributed by atoms with Gasteiger partial charge in [0.2, 0.25) is 0 Å². The minimum atomic E-state index is 0. The van der Waals surface area contributed by atoms with Crippen LogP contribution in [0.5, 0.6) is 0 Å². The Morgan fingerprint density at radius 2 is 1.50 bits per heavy atom. The molecule has 1 saturated heterocycles. The van der Waals surface area contributed by atoms with Gasteiger partial charge in [-0.1, -0.05) is 68.4 Å². The fourth-order valence-electron chi connectivity index (χ4n) is 3.90. The Kier molecular flexibility index (Phi) is 9.91. The average molecular weight is 475 g/mol. The Morgan fingerprint density at radius 1 is 0.906 bits per heavy atom. The summed E-state index contributed by atoms with van der Waals surface area (Å²) in [6, 6.07) is 20.8. The van der Waals surface area contributed by atoms with Crippen molar-refractivity contribution in [2.75, 3.05) is 26.2 Å². The van der Waals surface area contributed by atoms with Crippen molar-refractivity contribution in [3.63, 3.8) is 0 Å². The average Bonchev–Trinajstić information content (AvgIpc) is 2.77. The highest BCUT2D eigenvalue weighted by molar-refractivity contribution is 5.85. The van der Waals surface area contributed by atoms with Crippen LogP contribution in [0.2, 0.25) is 0 Å². The molecule has 4 rings (SSSR count). The van der Waals surface area contributed by atoms with Crippen LogP contribution in [-0.2, 0) is 13.1 Å². The Bertz CT molecular complexity index is 1030. The fourth-order valence-corrected chi connectivity index (χ4v) is 3.90. The van der Waals surface area contributed by atoms with Crippen molar-refractivity contribution in [3.05, 3.63) is 76.6 Å². The van der Waals surface area contributed by atoms with E-state index in [1.165, 1.54) is 11.1 Å². The van der Waals surface area contributed by atoms with Gasteiger partial charge in [0, 0.05) is 50.4 Å². The third kappa shape index (κ3) is 6.42. The molecular formula is C25H32Cl2N4O. The molecule has 1 N–H and O–H groups in total. The van der Waals surface area contributed by atoms with Crippen LogP contribution < -0.4 is 10.9 Å². The number of hydrogen-bond acceptors (Lipinski definition) is 4. The minimum Gasteiger partial charge on any atom is -0.314 e. The Labute approximate surface area is 202 Å². The molecule has 0 aliphatic carbocycles. The molecule has 0 atom stereocenters. The minimum absolute atomic E-state index is 0. The standard InChI is InChI=1S/C25H30N4O.2ClH/c1-19(2)17-29-25(30)23(18-28-14-12-26-13-15-28)16-24(27-29)22-10-8-21(9-11-22)20-6-4-3-5-7-20;;/h3-11,16,19,26H,12-15,17-18H2,1-2H3;2*1H. The largest absolute Gasteiger partial charge is 0.314 e. The molecule has 0 unspecified atom stereocenters. The highest BCUT2D eigenvalue weighted by atomic mass is 35.5. The van der Waals surface area contributed by atoms with Gasteiger partial charge in [-0.05, 0) is 23.1 Å². The van der Waals surface area contributed by atoms with E-state index in [1.807, 2.05) is 12.1 Å². The zero-order chi connectivity index (χ0) is 20.9. The number of nitrogens with zero attached hydrogens (tertiary/aromatic N) is 3. The first-order chi connectivity index (χ1) is 14.6. The lowest BCUT2D eigenvalue weighted by Gasteiger charge is -2.27. The van der Waals surface area contributed by atoms with Crippen molar-refractivity contribution >= 4 is 24.8 Å². The quantitative estimate of drug-likeness (QED) is 0.571. The summed E-state index contributed by atoms with van der Waals surface area (Å²) in [5.74, 6) is 0.359. The predicted molar refractivity (Wildman–Crippen MR) is 137 cm³/mol. The van der Waals surface area contributed by atoms with Crippen molar-refractivity contribution < 1.29 is 0 Å². The van der Waals surface area contributed by atoms with Crippen LogP contribution in [0.25, 0.3) is 22.4 Å². The predicted octanol–water partition coefficient (Wildman–Crippen LogP) is 4.48. The molecule has 0 amide bonds. The van der Waals surface area contributed by atoms with E-state index in [0.29, 0.717) is 19.0 Å². The van der Waals surface area contributed by atoms with E-state index in [9.17, 15) is 4.79 Å². The number of halogens is 2. The molecule has 7 heteroatoms. The summed E-state index contributed by atoms with van der Waals surface area (Å²) in [6.07, 6.45) is 0. The maximum Gasteiger partial charge on any atom is 0.271 e. The van der Waals surface area contributed by atoms with Crippen LogP contribution in [0.15, 0.2) is 65.5 Å². The molecule has 172 valence electrons. The monoisotopic (exact) mass is 474 g/mol. The van der Waals surface area contributed by atoms with E-state index in [0.717, 1.165) is 43.0 Å². The molecule has 0 saturated carbocycles. The van der Waals surface area contributed by atoms with Gasteiger partial charge in [-0.2, -0.15) is 5.10 Å². The first kappa shape index (κ1) is 26.1. The van der Waals surface area contributed by atoms with E-state index in [-0.39, 0.29) is 30.4 Å². The van der Waals surface area contributed by atoms with Gasteiger partial charge in [0.05, 0.1) is 5.69 Å². The molecule has 2 heterocycles. The Balaban J connectivity index is 0.00000181. The second-order valence-electron chi connectivity index (χ2n) is 8.41. The second kappa shape index (κ2) is 12.2. The Hall–Kier alpha value is -2.18. The number of piperazine rings is 1. The molecule has 0 bridgehead atoms. The maximum absolute atomic E-state index is 13.1. The van der Waals surface area contributed by atoms with Gasteiger partial charge in [0.15, 0.2) is 0 Å². The third-order valence-corrected chi connectivity index (χ3v) is 5.48. The summed E-state index contributed by atoms with van der Waals surface area (Å²) in [5, 5.41) is 8.08. The molecule has 1 aromatic heterocycles. The third-order valence-electron chi connectivity index (χ3n) is 5.48. The van der Waals surface area contributed by atoms with Crippen molar-refractivity contribution in [2.45, 2.75) is 26.9 Å². The summed E-state index contributed by atoms with van der Waals surface area (Å²) < 4.78 is 1.66. The summed E-state index contributed by atoms with van der Waals surface area (Å²) in [4.78, 5) is 15.4. The number of aromatic nitrogens is 2. The van der Waals surface area contributed by atoms with Crippen LogP contribution in [0.4, 0.5) is 0 Å². The summed E-state index contributed by atoms with van der Waals surface area (Å²) in [6.45, 7) is 9.41. The smallest absolute Gasteiger partial charge is 0.271 e. The highest BCUT2D eigenvalue weighted by Gasteiger charge is 2.16. The summed E-state index contributed by atoms with van der Waals surface area (Å²) >= 11 is 0. The molecule has 1 aliphatic rings. The van der Waals surface area contributed by atoms with Gasteiger partial charge in [0.25, 0.3) is 5.56 Å². The van der Waals surface area contributed by atoms with Gasteiger partial charge in [0.1, 0.15) is 0 Å². The normalized spacial score (nSPS) is 14.0. The summed E-state index contributed by atoms with van der Waals surface area (Å²) in [5.41, 5.74) is 5.13. The highest BCUT2D eigenvalue weighted by Crippen LogP contribution is 2.24. The summed E-state index contributed by atoms with van der Waals surface area (Å²) in [7, 11) is 0.